The van der Waals surface area contributed by atoms with Crippen LogP contribution in [0.3, 0.4) is 0 Å². The number of hydrogen-bond acceptors (Lipinski definition) is 15. The van der Waals surface area contributed by atoms with Gasteiger partial charge >= 0.3 is 5.97 Å². The van der Waals surface area contributed by atoms with E-state index in [9.17, 15) is 50.1 Å². The number of carbonyl (C=O) groups excluding carboxylic acids is 2. The standard InChI is InChI=1S/C46H56N2O14/c1-48-40(25-50)46-39-15-16-44(62-46,41(56)14-11-31-20-34(52)35(53)21-32(31)24-49)22-30(8-7-28-5-3-2-4-6-28)26-60-42(46)37(55)23-45(39,43(57)58)61-27-33(51)12-9-29-10-13-38(36(54)19-29)59-18-17-47/h2-6,9-14,19-21,30,37,39-40,42,48-50,52-55H,7-8,15-18,22-27,47H2,1H3,(H,57,58)/b12-9+,14-11+/t30-,37-,39-,40-,42-,44+,45+,46+/m1/s1. The van der Waals surface area contributed by atoms with Crippen LogP contribution in [-0.2, 0) is 41.6 Å². The van der Waals surface area contributed by atoms with E-state index in [-0.39, 0.29) is 67.6 Å². The molecule has 2 heterocycles. The Labute approximate surface area is 359 Å². The summed E-state index contributed by atoms with van der Waals surface area (Å²) < 4.78 is 25.3. The maximum atomic E-state index is 14.9. The average molecular weight is 861 g/mol. The smallest absolute Gasteiger partial charge is 0.336 e. The summed E-state index contributed by atoms with van der Waals surface area (Å²) in [5.74, 6) is -5.02. The number of hydrogen-bond donors (Lipinski definition) is 9. The lowest BCUT2D eigenvalue weighted by Crippen LogP contribution is -2.81. The fraction of sp³-hybridized carbons (Fsp3) is 0.457. The third kappa shape index (κ3) is 9.43. The summed E-state index contributed by atoms with van der Waals surface area (Å²) in [6, 6.07) is 15.5. The van der Waals surface area contributed by atoms with E-state index in [0.717, 1.165) is 5.56 Å². The minimum atomic E-state index is -2.27. The van der Waals surface area contributed by atoms with Gasteiger partial charge in [0.25, 0.3) is 0 Å². The highest BCUT2D eigenvalue weighted by molar-refractivity contribution is 6.00. The van der Waals surface area contributed by atoms with Crippen LogP contribution in [0, 0.1) is 11.8 Å². The first kappa shape index (κ1) is 46.3. The maximum Gasteiger partial charge on any atom is 0.336 e. The molecule has 0 amide bonds. The van der Waals surface area contributed by atoms with Crippen LogP contribution < -0.4 is 15.8 Å². The van der Waals surface area contributed by atoms with Gasteiger partial charge in [0.2, 0.25) is 0 Å². The second-order valence-corrected chi connectivity index (χ2v) is 16.2. The van der Waals surface area contributed by atoms with E-state index in [1.54, 1.807) is 6.07 Å². The molecule has 10 N–H and O–H groups in total. The summed E-state index contributed by atoms with van der Waals surface area (Å²) in [6.45, 7) is -1.39. The monoisotopic (exact) mass is 860 g/mol. The first-order valence-corrected chi connectivity index (χ1v) is 20.7. The van der Waals surface area contributed by atoms with Gasteiger partial charge in [0.1, 0.15) is 30.5 Å². The number of aliphatic hydroxyl groups excluding tert-OH is 3. The summed E-state index contributed by atoms with van der Waals surface area (Å²) in [5.41, 5.74) is 1.58. The van der Waals surface area contributed by atoms with Crippen molar-refractivity contribution in [3.05, 3.63) is 95.1 Å². The number of aliphatic hydroxyl groups is 3. The van der Waals surface area contributed by atoms with Crippen molar-refractivity contribution in [3.8, 4) is 23.0 Å². The molecule has 3 fully saturated rings. The minimum Gasteiger partial charge on any atom is -0.504 e. The number of ketones is 2. The summed E-state index contributed by atoms with van der Waals surface area (Å²) >= 11 is 0. The first-order chi connectivity index (χ1) is 29.7. The summed E-state index contributed by atoms with van der Waals surface area (Å²) in [7, 11) is 1.53. The van der Waals surface area contributed by atoms with Crippen molar-refractivity contribution in [2.45, 2.75) is 80.2 Å². The molecule has 1 saturated carbocycles. The van der Waals surface area contributed by atoms with Crippen LogP contribution in [0.15, 0.2) is 72.8 Å². The number of nitrogens with one attached hydrogen (secondary N) is 1. The zero-order valence-corrected chi connectivity index (χ0v) is 34.5. The van der Waals surface area contributed by atoms with Crippen LogP contribution in [0.4, 0.5) is 0 Å². The largest absolute Gasteiger partial charge is 0.504 e. The number of carboxylic acid groups (broad SMARTS) is 1. The molecule has 0 unspecified atom stereocenters. The van der Waals surface area contributed by atoms with Crippen LogP contribution in [-0.4, -0.2) is 128 Å². The Morgan fingerprint density at radius 3 is 2.42 bits per heavy atom. The summed E-state index contributed by atoms with van der Waals surface area (Å²) in [4.78, 5) is 41.9. The second-order valence-electron chi connectivity index (χ2n) is 16.2. The zero-order chi connectivity index (χ0) is 44.7. The van der Waals surface area contributed by atoms with Crippen LogP contribution in [0.5, 0.6) is 23.0 Å². The number of ether oxygens (including phenoxy) is 4. The third-order valence-corrected chi connectivity index (χ3v) is 12.4. The van der Waals surface area contributed by atoms with Crippen molar-refractivity contribution in [1.29, 1.82) is 0 Å². The molecule has 3 aromatic carbocycles. The third-order valence-electron chi connectivity index (χ3n) is 12.4. The molecule has 62 heavy (non-hydrogen) atoms. The van der Waals surface area contributed by atoms with Gasteiger partial charge in [-0.15, -0.1) is 0 Å². The van der Waals surface area contributed by atoms with Gasteiger partial charge in [0.15, 0.2) is 40.2 Å². The molecular weight excluding hydrogens is 805 g/mol. The maximum absolute atomic E-state index is 14.9. The zero-order valence-electron chi connectivity index (χ0n) is 34.5. The molecule has 0 aromatic heterocycles. The fourth-order valence-corrected chi connectivity index (χ4v) is 9.44. The average Bonchev–Trinajstić information content (AvgIpc) is 3.26. The number of aryl methyl sites for hydroxylation is 1. The summed E-state index contributed by atoms with van der Waals surface area (Å²) in [6.07, 6.45) is 3.10. The van der Waals surface area contributed by atoms with E-state index in [1.807, 2.05) is 30.3 Å². The van der Waals surface area contributed by atoms with Crippen molar-refractivity contribution in [3.63, 3.8) is 0 Å². The molecule has 2 saturated heterocycles. The highest BCUT2D eigenvalue weighted by Gasteiger charge is 2.73. The Hall–Kier alpha value is -5.17. The number of phenols is 3. The predicted octanol–water partition coefficient (Wildman–Crippen LogP) is 2.62. The fourth-order valence-electron chi connectivity index (χ4n) is 9.44. The van der Waals surface area contributed by atoms with Crippen LogP contribution in [0.2, 0.25) is 0 Å². The number of carbonyl (C=O) groups is 3. The quantitative estimate of drug-likeness (QED) is 0.0620. The minimum absolute atomic E-state index is 0.0243. The molecule has 6 rings (SSSR count). The molecule has 3 aliphatic rings. The van der Waals surface area contributed by atoms with E-state index < -0.39 is 96.2 Å². The van der Waals surface area contributed by atoms with Gasteiger partial charge in [0.05, 0.1) is 32.0 Å². The van der Waals surface area contributed by atoms with Crippen molar-refractivity contribution >= 4 is 29.7 Å². The van der Waals surface area contributed by atoms with Crippen molar-refractivity contribution in [1.82, 2.24) is 5.32 Å². The second kappa shape index (κ2) is 19.9. The Kier molecular flexibility index (Phi) is 14.9. The Balaban J connectivity index is 1.37. The lowest BCUT2D eigenvalue weighted by Gasteiger charge is -2.65. The molecule has 16 heteroatoms. The predicted molar refractivity (Wildman–Crippen MR) is 225 cm³/mol. The molecule has 8 atom stereocenters. The van der Waals surface area contributed by atoms with Crippen molar-refractivity contribution < 1.29 is 69.1 Å². The molecule has 2 bridgehead atoms. The molecule has 1 aliphatic carbocycles. The number of aliphatic carboxylic acids is 1. The highest BCUT2D eigenvalue weighted by Crippen LogP contribution is 2.58. The molecule has 334 valence electrons. The van der Waals surface area contributed by atoms with E-state index in [4.69, 9.17) is 24.7 Å². The Morgan fingerprint density at radius 2 is 1.74 bits per heavy atom. The number of benzene rings is 3. The number of fused-ring (bicyclic) bond motifs is 1. The van der Waals surface area contributed by atoms with Gasteiger partial charge in [-0.25, -0.2) is 4.79 Å². The van der Waals surface area contributed by atoms with Gasteiger partial charge in [-0.3, -0.25) is 9.59 Å². The topological polar surface area (TPSA) is 268 Å². The Morgan fingerprint density at radius 1 is 0.984 bits per heavy atom. The highest BCUT2D eigenvalue weighted by atomic mass is 16.6. The number of aromatic hydroxyl groups is 3. The first-order valence-electron chi connectivity index (χ1n) is 20.7. The van der Waals surface area contributed by atoms with Crippen LogP contribution >= 0.6 is 0 Å². The molecule has 3 aromatic rings. The molecule has 2 aliphatic heterocycles. The van der Waals surface area contributed by atoms with E-state index >= 15 is 0 Å². The van der Waals surface area contributed by atoms with Gasteiger partial charge in [-0.05, 0) is 104 Å². The summed E-state index contributed by atoms with van der Waals surface area (Å²) in [5, 5.41) is 77.8. The number of rotatable bonds is 19. The number of nitrogens with two attached hydrogens (primary N) is 1. The number of phenolic OH excluding ortho intramolecular Hbond substituents is 3. The molecule has 0 spiro atoms. The lowest BCUT2D eigenvalue weighted by atomic mass is 9.56. The molecule has 16 nitrogen and oxygen atoms in total. The van der Waals surface area contributed by atoms with Gasteiger partial charge in [0, 0.05) is 18.9 Å². The van der Waals surface area contributed by atoms with Gasteiger partial charge < -0.3 is 65.7 Å². The SMILES string of the molecule is CN[C@H](CO)[C@@]12O[C@@]3(C(=O)/C=C/c4cc(O)c(O)cc4CO)CC[C@@H]1[C@](OCC(=O)/C=C/c1ccc(OCCN)c(O)c1)(C(=O)O)C[C@@H](O)[C@H]2OC[C@H](CCc1ccccc1)C3. The van der Waals surface area contributed by atoms with E-state index in [2.05, 4.69) is 5.32 Å². The van der Waals surface area contributed by atoms with Crippen LogP contribution in [0.25, 0.3) is 12.2 Å². The Bertz CT molecular complexity index is 2130. The van der Waals surface area contributed by atoms with E-state index in [0.29, 0.717) is 18.4 Å². The number of carboxylic acids is 1. The number of likely N-dealkylation sites (N-methyl/N-ethyl adjacent to an activating group) is 1. The normalized spacial score (nSPS) is 27.7. The van der Waals surface area contributed by atoms with Crippen LogP contribution in [0.1, 0.15) is 54.4 Å². The van der Waals surface area contributed by atoms with Gasteiger partial charge in [-0.1, -0.05) is 48.6 Å². The van der Waals surface area contributed by atoms with Crippen molar-refractivity contribution in [2.75, 3.05) is 40.0 Å². The van der Waals surface area contributed by atoms with Gasteiger partial charge in [-0.2, -0.15) is 0 Å². The molecule has 0 radical (unpaired) electrons. The molecular formula is C46H56N2O14. The lowest BCUT2D eigenvalue weighted by molar-refractivity contribution is -0.343. The van der Waals surface area contributed by atoms with Crippen molar-refractivity contribution in [2.24, 2.45) is 17.6 Å². The van der Waals surface area contributed by atoms with E-state index in [1.165, 1.54) is 55.6 Å².